The van der Waals surface area contributed by atoms with Crippen molar-refractivity contribution in [3.8, 4) is 5.69 Å². The van der Waals surface area contributed by atoms with Gasteiger partial charge in [0.15, 0.2) is 4.77 Å². The Bertz CT molecular complexity index is 559. The number of nitrogens with zero attached hydrogens (tertiary/aromatic N) is 2. The largest absolute Gasteiger partial charge is 0.384 e. The van der Waals surface area contributed by atoms with Crippen molar-refractivity contribution in [2.75, 3.05) is 13.7 Å². The standard InChI is InChI=1S/C12H15N3OS/c1-9-13-14-12(17)15(9)11-6-4-3-5-10(11)7-8-16-2/h3-6H,7-8H2,1-2H3,(H,14,17). The van der Waals surface area contributed by atoms with Gasteiger partial charge in [-0.2, -0.15) is 5.10 Å². The Hall–Kier alpha value is -1.46. The SMILES string of the molecule is COCCc1ccccc1-n1c(C)n[nH]c1=S. The van der Waals surface area contributed by atoms with Crippen molar-refractivity contribution in [3.63, 3.8) is 0 Å². The third-order valence-electron chi connectivity index (χ3n) is 2.65. The number of ether oxygens (including phenoxy) is 1. The van der Waals surface area contributed by atoms with Crippen LogP contribution in [0.15, 0.2) is 24.3 Å². The molecule has 0 atom stereocenters. The van der Waals surface area contributed by atoms with Crippen LogP contribution in [0.4, 0.5) is 0 Å². The zero-order valence-electron chi connectivity index (χ0n) is 9.93. The first-order valence-electron chi connectivity index (χ1n) is 5.45. The van der Waals surface area contributed by atoms with Crippen LogP contribution >= 0.6 is 12.2 Å². The fourth-order valence-corrected chi connectivity index (χ4v) is 2.09. The summed E-state index contributed by atoms with van der Waals surface area (Å²) in [4.78, 5) is 0. The minimum absolute atomic E-state index is 0.618. The molecule has 0 saturated carbocycles. The van der Waals surface area contributed by atoms with E-state index in [2.05, 4.69) is 16.3 Å². The van der Waals surface area contributed by atoms with E-state index in [0.29, 0.717) is 11.4 Å². The molecule has 0 amide bonds. The molecule has 0 fully saturated rings. The number of aromatic amines is 1. The Labute approximate surface area is 105 Å². The molecule has 1 N–H and O–H groups in total. The Balaban J connectivity index is 2.48. The number of rotatable bonds is 4. The smallest absolute Gasteiger partial charge is 0.199 e. The Kier molecular flexibility index (Phi) is 3.71. The van der Waals surface area contributed by atoms with Gasteiger partial charge in [0.2, 0.25) is 0 Å². The number of para-hydroxylation sites is 1. The van der Waals surface area contributed by atoms with Gasteiger partial charge in [-0.25, -0.2) is 0 Å². The summed E-state index contributed by atoms with van der Waals surface area (Å²) in [5, 5.41) is 6.93. The molecule has 4 nitrogen and oxygen atoms in total. The molecule has 0 aliphatic rings. The number of aromatic nitrogens is 3. The summed E-state index contributed by atoms with van der Waals surface area (Å²) in [7, 11) is 1.71. The van der Waals surface area contributed by atoms with E-state index in [9.17, 15) is 0 Å². The second-order valence-corrected chi connectivity index (χ2v) is 4.17. The van der Waals surface area contributed by atoms with Crippen LogP contribution in [0, 0.1) is 11.7 Å². The first kappa shape index (κ1) is 12.0. The lowest BCUT2D eigenvalue weighted by Gasteiger charge is -2.10. The van der Waals surface area contributed by atoms with Crippen molar-refractivity contribution < 1.29 is 4.74 Å². The minimum atomic E-state index is 0.618. The topological polar surface area (TPSA) is 42.8 Å². The van der Waals surface area contributed by atoms with Crippen molar-refractivity contribution in [2.45, 2.75) is 13.3 Å². The van der Waals surface area contributed by atoms with Gasteiger partial charge < -0.3 is 4.74 Å². The highest BCUT2D eigenvalue weighted by Crippen LogP contribution is 2.16. The zero-order chi connectivity index (χ0) is 12.3. The van der Waals surface area contributed by atoms with Gasteiger partial charge in [-0.1, -0.05) is 18.2 Å². The van der Waals surface area contributed by atoms with Gasteiger partial charge in [-0.05, 0) is 37.2 Å². The normalized spacial score (nSPS) is 10.7. The van der Waals surface area contributed by atoms with E-state index in [1.807, 2.05) is 29.7 Å². The second-order valence-electron chi connectivity index (χ2n) is 3.78. The van der Waals surface area contributed by atoms with Gasteiger partial charge in [0, 0.05) is 7.11 Å². The van der Waals surface area contributed by atoms with Crippen LogP contribution in [0.2, 0.25) is 0 Å². The molecule has 0 bridgehead atoms. The van der Waals surface area contributed by atoms with E-state index in [1.165, 1.54) is 5.56 Å². The maximum absolute atomic E-state index is 5.24. The van der Waals surface area contributed by atoms with Crippen LogP contribution in [0.1, 0.15) is 11.4 Å². The molecule has 17 heavy (non-hydrogen) atoms. The monoisotopic (exact) mass is 249 g/mol. The van der Waals surface area contributed by atoms with Gasteiger partial charge in [0.05, 0.1) is 12.3 Å². The molecule has 0 aliphatic carbocycles. The van der Waals surface area contributed by atoms with E-state index < -0.39 is 0 Å². The highest BCUT2D eigenvalue weighted by molar-refractivity contribution is 7.71. The van der Waals surface area contributed by atoms with E-state index >= 15 is 0 Å². The average Bonchev–Trinajstić information content (AvgIpc) is 2.67. The average molecular weight is 249 g/mol. The highest BCUT2D eigenvalue weighted by atomic mass is 32.1. The Morgan fingerprint density at radius 3 is 2.82 bits per heavy atom. The molecule has 2 aromatic rings. The van der Waals surface area contributed by atoms with Gasteiger partial charge >= 0.3 is 0 Å². The summed E-state index contributed by atoms with van der Waals surface area (Å²) in [5.41, 5.74) is 2.27. The van der Waals surface area contributed by atoms with Crippen molar-refractivity contribution in [2.24, 2.45) is 0 Å². The lowest BCUT2D eigenvalue weighted by Crippen LogP contribution is -2.04. The molecular weight excluding hydrogens is 234 g/mol. The van der Waals surface area contributed by atoms with Crippen LogP contribution < -0.4 is 0 Å². The number of hydrogen-bond acceptors (Lipinski definition) is 3. The number of benzene rings is 1. The lowest BCUT2D eigenvalue weighted by molar-refractivity contribution is 0.202. The molecule has 0 saturated heterocycles. The van der Waals surface area contributed by atoms with Gasteiger partial charge in [-0.15, -0.1) is 0 Å². The number of nitrogens with one attached hydrogen (secondary N) is 1. The molecule has 0 unspecified atom stereocenters. The van der Waals surface area contributed by atoms with Gasteiger partial charge in [-0.3, -0.25) is 9.67 Å². The predicted octanol–water partition coefficient (Wildman–Crippen LogP) is 2.43. The summed E-state index contributed by atoms with van der Waals surface area (Å²) in [5.74, 6) is 0.861. The molecule has 0 aliphatic heterocycles. The summed E-state index contributed by atoms with van der Waals surface area (Å²) in [6, 6.07) is 8.15. The quantitative estimate of drug-likeness (QED) is 0.846. The fourth-order valence-electron chi connectivity index (χ4n) is 1.81. The number of hydrogen-bond donors (Lipinski definition) is 1. The maximum Gasteiger partial charge on any atom is 0.199 e. The number of H-pyrrole nitrogens is 1. The molecule has 2 rings (SSSR count). The first-order chi connectivity index (χ1) is 8.24. The zero-order valence-corrected chi connectivity index (χ0v) is 10.8. The molecule has 1 aromatic carbocycles. The summed E-state index contributed by atoms with van der Waals surface area (Å²) in [6.45, 7) is 2.63. The molecule has 90 valence electrons. The summed E-state index contributed by atoms with van der Waals surface area (Å²) >= 11 is 5.24. The Morgan fingerprint density at radius 1 is 1.41 bits per heavy atom. The lowest BCUT2D eigenvalue weighted by atomic mass is 10.1. The fraction of sp³-hybridized carbons (Fsp3) is 0.333. The molecule has 1 heterocycles. The van der Waals surface area contributed by atoms with Crippen LogP contribution in [-0.4, -0.2) is 28.5 Å². The molecular formula is C12H15N3OS. The van der Waals surface area contributed by atoms with E-state index in [4.69, 9.17) is 17.0 Å². The van der Waals surface area contributed by atoms with Crippen LogP contribution in [-0.2, 0) is 11.2 Å². The van der Waals surface area contributed by atoms with E-state index in [1.54, 1.807) is 7.11 Å². The van der Waals surface area contributed by atoms with Gasteiger partial charge in [0.25, 0.3) is 0 Å². The predicted molar refractivity (Wildman–Crippen MR) is 69.1 cm³/mol. The summed E-state index contributed by atoms with van der Waals surface area (Å²) < 4.78 is 7.68. The van der Waals surface area contributed by atoms with Crippen LogP contribution in [0.3, 0.4) is 0 Å². The van der Waals surface area contributed by atoms with Crippen molar-refractivity contribution >= 4 is 12.2 Å². The minimum Gasteiger partial charge on any atom is -0.384 e. The van der Waals surface area contributed by atoms with Gasteiger partial charge in [0.1, 0.15) is 5.82 Å². The van der Waals surface area contributed by atoms with Crippen LogP contribution in [0.5, 0.6) is 0 Å². The molecule has 0 radical (unpaired) electrons. The van der Waals surface area contributed by atoms with E-state index in [-0.39, 0.29) is 0 Å². The molecule has 0 spiro atoms. The number of methoxy groups -OCH3 is 1. The van der Waals surface area contributed by atoms with Crippen molar-refractivity contribution in [1.82, 2.24) is 14.8 Å². The van der Waals surface area contributed by atoms with E-state index in [0.717, 1.165) is 17.9 Å². The second kappa shape index (κ2) is 5.25. The Morgan fingerprint density at radius 2 is 2.18 bits per heavy atom. The summed E-state index contributed by atoms with van der Waals surface area (Å²) in [6.07, 6.45) is 0.860. The third kappa shape index (κ3) is 2.45. The number of aryl methyl sites for hydroxylation is 1. The van der Waals surface area contributed by atoms with Crippen molar-refractivity contribution in [3.05, 3.63) is 40.4 Å². The third-order valence-corrected chi connectivity index (χ3v) is 2.92. The van der Waals surface area contributed by atoms with Crippen molar-refractivity contribution in [1.29, 1.82) is 0 Å². The maximum atomic E-state index is 5.24. The molecule has 5 heteroatoms. The highest BCUT2D eigenvalue weighted by Gasteiger charge is 2.08. The first-order valence-corrected chi connectivity index (χ1v) is 5.86. The van der Waals surface area contributed by atoms with Crippen LogP contribution in [0.25, 0.3) is 5.69 Å². The molecule has 1 aromatic heterocycles.